The summed E-state index contributed by atoms with van der Waals surface area (Å²) in [5, 5.41) is 0.360. The number of benzene rings is 1. The van der Waals surface area contributed by atoms with Crippen LogP contribution in [0.1, 0.15) is 12.5 Å². The maximum atomic E-state index is 5.77. The lowest BCUT2D eigenvalue weighted by Gasteiger charge is -2.07. The molecule has 3 nitrogen and oxygen atoms in total. The maximum Gasteiger partial charge on any atom is 0.223 e. The van der Waals surface area contributed by atoms with Crippen molar-refractivity contribution in [2.45, 2.75) is 6.92 Å². The normalized spacial score (nSPS) is 10.7. The Morgan fingerprint density at radius 3 is 2.82 bits per heavy atom. The van der Waals surface area contributed by atoms with E-state index in [0.717, 1.165) is 11.3 Å². The molecule has 17 heavy (non-hydrogen) atoms. The first-order chi connectivity index (χ1) is 8.29. The number of hydrogen-bond acceptors (Lipinski definition) is 3. The van der Waals surface area contributed by atoms with Crippen molar-refractivity contribution in [2.24, 2.45) is 0 Å². The summed E-state index contributed by atoms with van der Waals surface area (Å²) in [6.07, 6.45) is 5.29. The van der Waals surface area contributed by atoms with Crippen molar-refractivity contribution in [3.8, 4) is 11.6 Å². The van der Waals surface area contributed by atoms with E-state index in [9.17, 15) is 0 Å². The van der Waals surface area contributed by atoms with E-state index in [-0.39, 0.29) is 0 Å². The van der Waals surface area contributed by atoms with Crippen molar-refractivity contribution in [3.05, 3.63) is 53.5 Å². The summed E-state index contributed by atoms with van der Waals surface area (Å²) in [5.74, 6) is 1.17. The molecule has 0 aliphatic rings. The first-order valence-corrected chi connectivity index (χ1v) is 5.54. The van der Waals surface area contributed by atoms with E-state index in [1.807, 2.05) is 43.3 Å². The van der Waals surface area contributed by atoms with Crippen molar-refractivity contribution in [1.29, 1.82) is 0 Å². The van der Waals surface area contributed by atoms with Gasteiger partial charge in [0.2, 0.25) is 5.88 Å². The molecule has 0 saturated carbocycles. The Morgan fingerprint density at radius 2 is 2.06 bits per heavy atom. The molecule has 0 N–H and O–H groups in total. The van der Waals surface area contributed by atoms with Gasteiger partial charge in [0.05, 0.1) is 0 Å². The van der Waals surface area contributed by atoms with E-state index >= 15 is 0 Å². The number of hydrogen-bond donors (Lipinski definition) is 0. The minimum absolute atomic E-state index is 0.360. The highest BCUT2D eigenvalue weighted by Crippen LogP contribution is 2.25. The van der Waals surface area contributed by atoms with Crippen LogP contribution in [0.25, 0.3) is 6.08 Å². The summed E-state index contributed by atoms with van der Waals surface area (Å²) in [6.45, 7) is 1.96. The Hall–Kier alpha value is -1.87. The van der Waals surface area contributed by atoms with E-state index in [0.29, 0.717) is 11.0 Å². The van der Waals surface area contributed by atoms with Gasteiger partial charge in [-0.3, -0.25) is 0 Å². The molecule has 2 rings (SSSR count). The molecule has 0 unspecified atom stereocenters. The molecule has 0 radical (unpaired) electrons. The van der Waals surface area contributed by atoms with Crippen molar-refractivity contribution < 1.29 is 4.74 Å². The summed E-state index contributed by atoms with van der Waals surface area (Å²) in [6, 6.07) is 9.29. The van der Waals surface area contributed by atoms with Gasteiger partial charge < -0.3 is 4.74 Å². The van der Waals surface area contributed by atoms with Crippen LogP contribution in [0.4, 0.5) is 0 Å². The van der Waals surface area contributed by atoms with E-state index in [4.69, 9.17) is 16.3 Å². The molecule has 86 valence electrons. The van der Waals surface area contributed by atoms with Crippen molar-refractivity contribution >= 4 is 17.7 Å². The molecule has 0 saturated heterocycles. The van der Waals surface area contributed by atoms with Crippen LogP contribution in [-0.2, 0) is 0 Å². The monoisotopic (exact) mass is 246 g/mol. The van der Waals surface area contributed by atoms with Crippen LogP contribution in [0.15, 0.2) is 42.7 Å². The smallest absolute Gasteiger partial charge is 0.223 e. The molecule has 1 aromatic carbocycles. The van der Waals surface area contributed by atoms with Crippen molar-refractivity contribution in [1.82, 2.24) is 9.97 Å². The fourth-order valence-corrected chi connectivity index (χ4v) is 1.51. The Balaban J connectivity index is 2.29. The highest BCUT2D eigenvalue weighted by molar-refractivity contribution is 6.29. The average Bonchev–Trinajstić information content (AvgIpc) is 2.32. The van der Waals surface area contributed by atoms with E-state index in [1.54, 1.807) is 6.07 Å². The van der Waals surface area contributed by atoms with Crippen LogP contribution in [-0.4, -0.2) is 9.97 Å². The Labute approximate surface area is 105 Å². The second kappa shape index (κ2) is 5.46. The molecule has 0 bridgehead atoms. The first kappa shape index (κ1) is 11.6. The topological polar surface area (TPSA) is 35.0 Å². The van der Waals surface area contributed by atoms with Gasteiger partial charge in [0.25, 0.3) is 0 Å². The zero-order valence-corrected chi connectivity index (χ0v) is 10.1. The summed E-state index contributed by atoms with van der Waals surface area (Å²) >= 11 is 5.77. The second-order valence-corrected chi connectivity index (χ2v) is 3.71. The SMILES string of the molecule is C/C=C/c1ccccc1Oc1cc(Cl)ncn1. The molecule has 0 aliphatic heterocycles. The molecular weight excluding hydrogens is 236 g/mol. The molecular formula is C13H11ClN2O. The van der Waals surface area contributed by atoms with Crippen LogP contribution in [0.5, 0.6) is 11.6 Å². The highest BCUT2D eigenvalue weighted by Gasteiger charge is 2.03. The van der Waals surface area contributed by atoms with Crippen LogP contribution in [0, 0.1) is 0 Å². The number of allylic oxidation sites excluding steroid dienone is 1. The Kier molecular flexibility index (Phi) is 3.73. The molecule has 0 fully saturated rings. The van der Waals surface area contributed by atoms with Gasteiger partial charge in [0, 0.05) is 11.6 Å². The predicted molar refractivity (Wildman–Crippen MR) is 68.3 cm³/mol. The van der Waals surface area contributed by atoms with Gasteiger partial charge in [-0.05, 0) is 13.0 Å². The quantitative estimate of drug-likeness (QED) is 0.769. The average molecular weight is 247 g/mol. The van der Waals surface area contributed by atoms with Gasteiger partial charge in [0.15, 0.2) is 0 Å². The number of nitrogens with zero attached hydrogens (tertiary/aromatic N) is 2. The number of para-hydroxylation sites is 1. The lowest BCUT2D eigenvalue weighted by Crippen LogP contribution is -1.90. The van der Waals surface area contributed by atoms with Crippen LogP contribution < -0.4 is 4.74 Å². The highest BCUT2D eigenvalue weighted by atomic mass is 35.5. The molecule has 0 amide bonds. The molecule has 1 heterocycles. The summed E-state index contributed by atoms with van der Waals surface area (Å²) in [5.41, 5.74) is 0.990. The van der Waals surface area contributed by atoms with Crippen LogP contribution in [0.3, 0.4) is 0 Å². The Bertz CT molecular complexity index is 540. The number of aromatic nitrogens is 2. The Morgan fingerprint density at radius 1 is 1.24 bits per heavy atom. The molecule has 2 aromatic rings. The molecule has 0 atom stereocenters. The third kappa shape index (κ3) is 3.04. The van der Waals surface area contributed by atoms with Crippen molar-refractivity contribution in [3.63, 3.8) is 0 Å². The molecule has 4 heteroatoms. The van der Waals surface area contributed by atoms with Crippen molar-refractivity contribution in [2.75, 3.05) is 0 Å². The largest absolute Gasteiger partial charge is 0.438 e. The zero-order chi connectivity index (χ0) is 12.1. The number of rotatable bonds is 3. The van der Waals surface area contributed by atoms with Gasteiger partial charge in [-0.15, -0.1) is 0 Å². The fraction of sp³-hybridized carbons (Fsp3) is 0.0769. The second-order valence-electron chi connectivity index (χ2n) is 3.32. The van der Waals surface area contributed by atoms with Crippen LogP contribution in [0.2, 0.25) is 5.15 Å². The van der Waals surface area contributed by atoms with E-state index < -0.39 is 0 Å². The van der Waals surface area contributed by atoms with Gasteiger partial charge in [-0.1, -0.05) is 42.0 Å². The lowest BCUT2D eigenvalue weighted by atomic mass is 10.2. The van der Waals surface area contributed by atoms with Crippen LogP contribution >= 0.6 is 11.6 Å². The number of ether oxygens (including phenoxy) is 1. The van der Waals surface area contributed by atoms with Gasteiger partial charge in [0.1, 0.15) is 17.2 Å². The molecule has 0 spiro atoms. The third-order valence-electron chi connectivity index (χ3n) is 2.09. The summed E-state index contributed by atoms with van der Waals surface area (Å²) in [4.78, 5) is 7.79. The zero-order valence-electron chi connectivity index (χ0n) is 9.30. The predicted octanol–water partition coefficient (Wildman–Crippen LogP) is 3.96. The standard InChI is InChI=1S/C13H11ClN2O/c1-2-5-10-6-3-4-7-11(10)17-13-8-12(14)15-9-16-13/h2-9H,1H3/b5-2+. The summed E-state index contributed by atoms with van der Waals surface area (Å²) in [7, 11) is 0. The minimum Gasteiger partial charge on any atom is -0.438 e. The molecule has 0 aliphatic carbocycles. The minimum atomic E-state index is 0.360. The van der Waals surface area contributed by atoms with Gasteiger partial charge in [-0.25, -0.2) is 9.97 Å². The summed E-state index contributed by atoms with van der Waals surface area (Å²) < 4.78 is 5.66. The maximum absolute atomic E-state index is 5.77. The fourth-order valence-electron chi connectivity index (χ4n) is 1.38. The van der Waals surface area contributed by atoms with Gasteiger partial charge >= 0.3 is 0 Å². The van der Waals surface area contributed by atoms with Gasteiger partial charge in [-0.2, -0.15) is 0 Å². The van der Waals surface area contributed by atoms with E-state index in [2.05, 4.69) is 9.97 Å². The number of halogens is 1. The van der Waals surface area contributed by atoms with E-state index in [1.165, 1.54) is 6.33 Å². The lowest BCUT2D eigenvalue weighted by molar-refractivity contribution is 0.460. The first-order valence-electron chi connectivity index (χ1n) is 5.16. The molecule has 1 aromatic heterocycles. The third-order valence-corrected chi connectivity index (χ3v) is 2.30.